The lowest BCUT2D eigenvalue weighted by molar-refractivity contribution is 1.14. The topological polar surface area (TPSA) is 25.8 Å². The summed E-state index contributed by atoms with van der Waals surface area (Å²) in [5.41, 5.74) is 3.04. The largest absolute Gasteiger partial charge is 0.228 e. The van der Waals surface area contributed by atoms with E-state index in [2.05, 4.69) is 29.0 Å². The fourth-order valence-corrected chi connectivity index (χ4v) is 2.49. The predicted octanol–water partition coefficient (Wildman–Crippen LogP) is 5.17. The molecule has 1 heterocycles. The molecule has 2 nitrogen and oxygen atoms in total. The summed E-state index contributed by atoms with van der Waals surface area (Å²) in [6.07, 6.45) is 1.01. The van der Waals surface area contributed by atoms with Crippen LogP contribution in [0.2, 0.25) is 10.2 Å². The molecule has 1 aromatic heterocycles. The molecule has 0 saturated heterocycles. The number of nitrogens with zero attached hydrogens (tertiary/aromatic N) is 2. The number of hydrogen-bond acceptors (Lipinski definition) is 2. The Hall–Kier alpha value is -1.64. The molecule has 0 saturated carbocycles. The Balaban J connectivity index is 2.14. The van der Waals surface area contributed by atoms with E-state index in [-0.39, 0.29) is 0 Å². The van der Waals surface area contributed by atoms with Gasteiger partial charge in [-0.25, -0.2) is 9.97 Å². The maximum Gasteiger partial charge on any atom is 0.161 e. The molecular formula is C16H12Cl2N2. The second-order valence-electron chi connectivity index (χ2n) is 4.55. The van der Waals surface area contributed by atoms with Gasteiger partial charge >= 0.3 is 0 Å². The standard InChI is InChI=1S/C16H12Cl2N2/c1-2-10-3-5-11(6-4-10)16-19-14-8-7-12(17)9-13(14)15(18)20-16/h3-9H,2H2,1H3. The van der Waals surface area contributed by atoms with Crippen LogP contribution in [0.3, 0.4) is 0 Å². The van der Waals surface area contributed by atoms with Gasteiger partial charge in [0.1, 0.15) is 5.15 Å². The molecule has 0 amide bonds. The summed E-state index contributed by atoms with van der Waals surface area (Å²) in [5, 5.41) is 1.82. The van der Waals surface area contributed by atoms with Gasteiger partial charge in [-0.15, -0.1) is 0 Å². The summed E-state index contributed by atoms with van der Waals surface area (Å²) in [6.45, 7) is 2.13. The summed E-state index contributed by atoms with van der Waals surface area (Å²) in [6, 6.07) is 13.6. The van der Waals surface area contributed by atoms with E-state index >= 15 is 0 Å². The molecule has 0 spiro atoms. The molecule has 0 unspecified atom stereocenters. The fourth-order valence-electron chi connectivity index (χ4n) is 2.08. The molecule has 20 heavy (non-hydrogen) atoms. The third-order valence-corrected chi connectivity index (χ3v) is 3.75. The summed E-state index contributed by atoms with van der Waals surface area (Å²) >= 11 is 12.2. The van der Waals surface area contributed by atoms with Gasteiger partial charge in [0, 0.05) is 16.0 Å². The van der Waals surface area contributed by atoms with Crippen molar-refractivity contribution in [1.29, 1.82) is 0 Å². The van der Waals surface area contributed by atoms with Crippen LogP contribution in [0.1, 0.15) is 12.5 Å². The summed E-state index contributed by atoms with van der Waals surface area (Å²) in [7, 11) is 0. The number of halogens is 2. The Morgan fingerprint density at radius 1 is 0.950 bits per heavy atom. The van der Waals surface area contributed by atoms with E-state index in [1.165, 1.54) is 5.56 Å². The molecular weight excluding hydrogens is 291 g/mol. The predicted molar refractivity (Wildman–Crippen MR) is 84.4 cm³/mol. The van der Waals surface area contributed by atoms with Crippen LogP contribution in [0.15, 0.2) is 42.5 Å². The number of benzene rings is 2. The Labute approximate surface area is 127 Å². The molecule has 3 rings (SSSR count). The molecule has 4 heteroatoms. The fraction of sp³-hybridized carbons (Fsp3) is 0.125. The van der Waals surface area contributed by atoms with E-state index in [0.29, 0.717) is 16.0 Å². The third-order valence-electron chi connectivity index (χ3n) is 3.23. The van der Waals surface area contributed by atoms with Crippen molar-refractivity contribution in [3.8, 4) is 11.4 Å². The van der Waals surface area contributed by atoms with Crippen LogP contribution in [0.4, 0.5) is 0 Å². The van der Waals surface area contributed by atoms with Crippen molar-refractivity contribution in [2.45, 2.75) is 13.3 Å². The number of aryl methyl sites for hydroxylation is 1. The van der Waals surface area contributed by atoms with Crippen LogP contribution in [-0.4, -0.2) is 9.97 Å². The molecule has 0 atom stereocenters. The Morgan fingerprint density at radius 2 is 1.70 bits per heavy atom. The highest BCUT2D eigenvalue weighted by Gasteiger charge is 2.08. The van der Waals surface area contributed by atoms with E-state index in [1.54, 1.807) is 12.1 Å². The molecule has 0 aliphatic heterocycles. The van der Waals surface area contributed by atoms with Crippen molar-refractivity contribution in [2.75, 3.05) is 0 Å². The average Bonchev–Trinajstić information content (AvgIpc) is 2.48. The minimum Gasteiger partial charge on any atom is -0.228 e. The first-order valence-electron chi connectivity index (χ1n) is 6.39. The lowest BCUT2D eigenvalue weighted by Gasteiger charge is -2.05. The first-order chi connectivity index (χ1) is 9.67. The van der Waals surface area contributed by atoms with Gasteiger partial charge in [-0.1, -0.05) is 54.4 Å². The van der Waals surface area contributed by atoms with Gasteiger partial charge in [-0.2, -0.15) is 0 Å². The van der Waals surface area contributed by atoms with Crippen LogP contribution in [0.25, 0.3) is 22.3 Å². The van der Waals surface area contributed by atoms with Crippen LogP contribution >= 0.6 is 23.2 Å². The van der Waals surface area contributed by atoms with Gasteiger partial charge in [-0.05, 0) is 30.2 Å². The molecule has 0 aliphatic carbocycles. The second kappa shape index (κ2) is 5.39. The minimum absolute atomic E-state index is 0.423. The highest BCUT2D eigenvalue weighted by molar-refractivity contribution is 6.35. The smallest absolute Gasteiger partial charge is 0.161 e. The van der Waals surface area contributed by atoms with Crippen molar-refractivity contribution in [2.24, 2.45) is 0 Å². The first-order valence-corrected chi connectivity index (χ1v) is 7.15. The monoisotopic (exact) mass is 302 g/mol. The molecule has 0 fully saturated rings. The van der Waals surface area contributed by atoms with Gasteiger partial charge in [0.15, 0.2) is 5.82 Å². The third kappa shape index (κ3) is 2.49. The van der Waals surface area contributed by atoms with Crippen LogP contribution in [-0.2, 0) is 6.42 Å². The Kier molecular flexibility index (Phi) is 3.60. The van der Waals surface area contributed by atoms with Crippen molar-refractivity contribution >= 4 is 34.1 Å². The average molecular weight is 303 g/mol. The summed E-state index contributed by atoms with van der Waals surface area (Å²) in [4.78, 5) is 8.91. The lowest BCUT2D eigenvalue weighted by atomic mass is 10.1. The van der Waals surface area contributed by atoms with Gasteiger partial charge in [-0.3, -0.25) is 0 Å². The maximum atomic E-state index is 6.23. The van der Waals surface area contributed by atoms with Crippen molar-refractivity contribution in [3.05, 3.63) is 58.2 Å². The van der Waals surface area contributed by atoms with E-state index in [0.717, 1.165) is 22.9 Å². The van der Waals surface area contributed by atoms with Crippen LogP contribution in [0, 0.1) is 0 Å². The van der Waals surface area contributed by atoms with Gasteiger partial charge in [0.05, 0.1) is 5.52 Å². The highest BCUT2D eigenvalue weighted by Crippen LogP contribution is 2.27. The van der Waals surface area contributed by atoms with Gasteiger partial charge < -0.3 is 0 Å². The van der Waals surface area contributed by atoms with Crippen molar-refractivity contribution in [3.63, 3.8) is 0 Å². The lowest BCUT2D eigenvalue weighted by Crippen LogP contribution is -1.92. The van der Waals surface area contributed by atoms with E-state index in [9.17, 15) is 0 Å². The molecule has 0 bridgehead atoms. The number of aromatic nitrogens is 2. The quantitative estimate of drug-likeness (QED) is 0.611. The first kappa shape index (κ1) is 13.3. The second-order valence-corrected chi connectivity index (χ2v) is 5.34. The van der Waals surface area contributed by atoms with Crippen molar-refractivity contribution < 1.29 is 0 Å². The van der Waals surface area contributed by atoms with Crippen molar-refractivity contribution in [1.82, 2.24) is 9.97 Å². The SMILES string of the molecule is CCc1ccc(-c2nc(Cl)c3cc(Cl)ccc3n2)cc1. The summed E-state index contributed by atoms with van der Waals surface area (Å²) in [5.74, 6) is 0.632. The van der Waals surface area contributed by atoms with E-state index in [1.807, 2.05) is 18.2 Å². The van der Waals surface area contributed by atoms with Gasteiger partial charge in [0.25, 0.3) is 0 Å². The molecule has 0 radical (unpaired) electrons. The minimum atomic E-state index is 0.423. The van der Waals surface area contributed by atoms with E-state index < -0.39 is 0 Å². The maximum absolute atomic E-state index is 6.23. The Bertz CT molecular complexity index is 767. The van der Waals surface area contributed by atoms with Gasteiger partial charge in [0.2, 0.25) is 0 Å². The number of fused-ring (bicyclic) bond motifs is 1. The molecule has 0 N–H and O–H groups in total. The zero-order valence-electron chi connectivity index (χ0n) is 10.9. The zero-order chi connectivity index (χ0) is 14.1. The zero-order valence-corrected chi connectivity index (χ0v) is 12.4. The normalized spacial score (nSPS) is 10.9. The summed E-state index contributed by atoms with van der Waals surface area (Å²) < 4.78 is 0. The molecule has 2 aromatic carbocycles. The molecule has 3 aromatic rings. The number of hydrogen-bond donors (Lipinski definition) is 0. The Morgan fingerprint density at radius 3 is 2.40 bits per heavy atom. The van der Waals surface area contributed by atoms with Crippen LogP contribution < -0.4 is 0 Å². The van der Waals surface area contributed by atoms with Crippen LogP contribution in [0.5, 0.6) is 0 Å². The highest BCUT2D eigenvalue weighted by atomic mass is 35.5. The molecule has 0 aliphatic rings. The van der Waals surface area contributed by atoms with E-state index in [4.69, 9.17) is 23.2 Å². The molecule has 100 valence electrons. The number of rotatable bonds is 2.